The molecule has 2 atom stereocenters. The average Bonchev–Trinajstić information content (AvgIpc) is 3.22. The van der Waals surface area contributed by atoms with Crippen LogP contribution in [0.2, 0.25) is 0 Å². The Morgan fingerprint density at radius 3 is 2.25 bits per heavy atom. The topological polar surface area (TPSA) is 56.1 Å². The van der Waals surface area contributed by atoms with Gasteiger partial charge in [-0.05, 0) is 30.2 Å². The highest BCUT2D eigenvalue weighted by molar-refractivity contribution is 5.81. The van der Waals surface area contributed by atoms with Gasteiger partial charge in [-0.2, -0.15) is 0 Å². The van der Waals surface area contributed by atoms with Crippen molar-refractivity contribution in [3.63, 3.8) is 0 Å². The van der Waals surface area contributed by atoms with E-state index in [0.29, 0.717) is 0 Å². The van der Waals surface area contributed by atoms with Gasteiger partial charge in [0.05, 0.1) is 13.2 Å². The third-order valence-electron chi connectivity index (χ3n) is 4.88. The smallest absolute Gasteiger partial charge is 0.243 e. The van der Waals surface area contributed by atoms with E-state index in [1.807, 2.05) is 72.3 Å². The summed E-state index contributed by atoms with van der Waals surface area (Å²) in [5.41, 5.74) is 2.03. The molecule has 28 heavy (non-hydrogen) atoms. The second-order valence-electron chi connectivity index (χ2n) is 7.15. The zero-order valence-corrected chi connectivity index (χ0v) is 16.8. The average molecular weight is 377 g/mol. The molecular formula is C23H27N3O2. The monoisotopic (exact) mass is 377 g/mol. The van der Waals surface area contributed by atoms with E-state index in [1.54, 1.807) is 13.3 Å². The molecule has 3 rings (SSSR count). The fraction of sp³-hybridized carbons (Fsp3) is 0.304. The molecule has 146 valence electrons. The molecular weight excluding hydrogens is 350 g/mol. The van der Waals surface area contributed by atoms with E-state index in [2.05, 4.69) is 24.1 Å². The van der Waals surface area contributed by atoms with Crippen molar-refractivity contribution in [1.29, 1.82) is 0 Å². The van der Waals surface area contributed by atoms with Crippen molar-refractivity contribution in [3.8, 4) is 5.75 Å². The van der Waals surface area contributed by atoms with E-state index in [-0.39, 0.29) is 23.9 Å². The van der Waals surface area contributed by atoms with Crippen LogP contribution in [0.5, 0.6) is 5.75 Å². The lowest BCUT2D eigenvalue weighted by atomic mass is 9.98. The molecule has 0 fully saturated rings. The van der Waals surface area contributed by atoms with Gasteiger partial charge < -0.3 is 14.6 Å². The molecule has 2 aromatic carbocycles. The number of carbonyl (C=O) groups excluding carboxylic acids is 1. The number of benzene rings is 2. The Morgan fingerprint density at radius 1 is 1.00 bits per heavy atom. The maximum Gasteiger partial charge on any atom is 0.243 e. The number of aromatic nitrogens is 2. The predicted molar refractivity (Wildman–Crippen MR) is 110 cm³/mol. The van der Waals surface area contributed by atoms with Gasteiger partial charge in [-0.15, -0.1) is 0 Å². The van der Waals surface area contributed by atoms with Gasteiger partial charge in [0.1, 0.15) is 17.6 Å². The first-order valence-corrected chi connectivity index (χ1v) is 9.53. The molecule has 0 aliphatic rings. The lowest BCUT2D eigenvalue weighted by molar-refractivity contribution is -0.124. The molecule has 5 heteroatoms. The van der Waals surface area contributed by atoms with Crippen LogP contribution < -0.4 is 10.1 Å². The molecule has 1 aromatic heterocycles. The number of amides is 1. The van der Waals surface area contributed by atoms with Crippen LogP contribution in [-0.4, -0.2) is 22.6 Å². The Kier molecular flexibility index (Phi) is 6.14. The van der Waals surface area contributed by atoms with E-state index < -0.39 is 0 Å². The molecule has 0 aliphatic heterocycles. The number of nitrogens with zero attached hydrogens (tertiary/aromatic N) is 2. The highest BCUT2D eigenvalue weighted by Crippen LogP contribution is 2.25. The zero-order chi connectivity index (χ0) is 20.1. The second kappa shape index (κ2) is 8.74. The minimum Gasteiger partial charge on any atom is -0.497 e. The summed E-state index contributed by atoms with van der Waals surface area (Å²) in [4.78, 5) is 17.5. The maximum atomic E-state index is 13.1. The number of hydrogen-bond acceptors (Lipinski definition) is 3. The number of imidazole rings is 1. The predicted octanol–water partition coefficient (Wildman–Crippen LogP) is 4.48. The van der Waals surface area contributed by atoms with Crippen LogP contribution >= 0.6 is 0 Å². The number of ether oxygens (including phenoxy) is 1. The van der Waals surface area contributed by atoms with Gasteiger partial charge in [0.2, 0.25) is 5.91 Å². The summed E-state index contributed by atoms with van der Waals surface area (Å²) >= 11 is 0. The highest BCUT2D eigenvalue weighted by Gasteiger charge is 2.23. The van der Waals surface area contributed by atoms with Crippen LogP contribution in [0.25, 0.3) is 0 Å². The number of carbonyl (C=O) groups is 1. The van der Waals surface area contributed by atoms with E-state index >= 15 is 0 Å². The van der Waals surface area contributed by atoms with Gasteiger partial charge >= 0.3 is 0 Å². The zero-order valence-electron chi connectivity index (χ0n) is 16.8. The van der Waals surface area contributed by atoms with Gasteiger partial charge in [0, 0.05) is 18.3 Å². The summed E-state index contributed by atoms with van der Waals surface area (Å²) in [7, 11) is 1.64. The highest BCUT2D eigenvalue weighted by atomic mass is 16.5. The minimum atomic E-state index is -0.357. The number of hydrogen-bond donors (Lipinski definition) is 1. The van der Waals surface area contributed by atoms with Crippen molar-refractivity contribution in [1.82, 2.24) is 14.9 Å². The van der Waals surface area contributed by atoms with Gasteiger partial charge in [-0.1, -0.05) is 56.3 Å². The summed E-state index contributed by atoms with van der Waals surface area (Å²) < 4.78 is 7.20. The molecule has 2 unspecified atom stereocenters. The second-order valence-corrected chi connectivity index (χ2v) is 7.15. The first-order valence-electron chi connectivity index (χ1n) is 9.53. The van der Waals surface area contributed by atoms with Crippen LogP contribution in [0.4, 0.5) is 0 Å². The van der Waals surface area contributed by atoms with Gasteiger partial charge in [0.15, 0.2) is 0 Å². The van der Waals surface area contributed by atoms with Crippen LogP contribution in [0.3, 0.4) is 0 Å². The van der Waals surface area contributed by atoms with Crippen LogP contribution in [-0.2, 0) is 4.79 Å². The maximum absolute atomic E-state index is 13.1. The minimum absolute atomic E-state index is 0.0513. The third kappa shape index (κ3) is 4.25. The Labute approximate surface area is 166 Å². The Hall–Kier alpha value is -3.08. The number of methoxy groups -OCH3 is 1. The molecule has 0 aliphatic carbocycles. The first kappa shape index (κ1) is 19.7. The standard InChI is InChI=1S/C23H27N3O2/c1-16(2)22-24-14-15-26(22)17(3)23(27)25-21(18-8-6-5-7-9-18)19-10-12-20(28-4)13-11-19/h5-17,21H,1-4H3,(H,25,27). The van der Waals surface area contributed by atoms with Crippen LogP contribution in [0.15, 0.2) is 67.0 Å². The summed E-state index contributed by atoms with van der Waals surface area (Å²) in [6, 6.07) is 17.2. The molecule has 0 saturated carbocycles. The first-order chi connectivity index (χ1) is 13.5. The normalized spacial score (nSPS) is 13.2. The lowest BCUT2D eigenvalue weighted by Crippen LogP contribution is -2.35. The summed E-state index contributed by atoms with van der Waals surface area (Å²) in [6.45, 7) is 6.06. The summed E-state index contributed by atoms with van der Waals surface area (Å²) in [5.74, 6) is 1.89. The van der Waals surface area contributed by atoms with Gasteiger partial charge in [0.25, 0.3) is 0 Å². The Balaban J connectivity index is 1.88. The van der Waals surface area contributed by atoms with Crippen molar-refractivity contribution in [2.75, 3.05) is 7.11 Å². The van der Waals surface area contributed by atoms with E-state index in [0.717, 1.165) is 22.7 Å². The molecule has 0 spiro atoms. The molecule has 0 saturated heterocycles. The SMILES string of the molecule is COc1ccc(C(NC(=O)C(C)n2ccnc2C(C)C)c2ccccc2)cc1. The van der Waals surface area contributed by atoms with Gasteiger partial charge in [-0.3, -0.25) is 4.79 Å². The molecule has 1 N–H and O–H groups in total. The van der Waals surface area contributed by atoms with Crippen molar-refractivity contribution >= 4 is 5.91 Å². The van der Waals surface area contributed by atoms with E-state index in [4.69, 9.17) is 4.74 Å². The van der Waals surface area contributed by atoms with E-state index in [9.17, 15) is 4.79 Å². The fourth-order valence-electron chi connectivity index (χ4n) is 3.29. The van der Waals surface area contributed by atoms with Crippen molar-refractivity contribution < 1.29 is 9.53 Å². The van der Waals surface area contributed by atoms with Crippen molar-refractivity contribution in [3.05, 3.63) is 83.9 Å². The lowest BCUT2D eigenvalue weighted by Gasteiger charge is -2.24. The summed E-state index contributed by atoms with van der Waals surface area (Å²) in [5, 5.41) is 3.21. The molecule has 0 radical (unpaired) electrons. The number of nitrogens with one attached hydrogen (secondary N) is 1. The quantitative estimate of drug-likeness (QED) is 0.660. The largest absolute Gasteiger partial charge is 0.497 e. The fourth-order valence-corrected chi connectivity index (χ4v) is 3.29. The molecule has 5 nitrogen and oxygen atoms in total. The molecule has 3 aromatic rings. The van der Waals surface area contributed by atoms with Crippen LogP contribution in [0, 0.1) is 0 Å². The molecule has 0 bridgehead atoms. The van der Waals surface area contributed by atoms with Crippen LogP contribution in [0.1, 0.15) is 55.7 Å². The number of rotatable bonds is 7. The molecule has 1 amide bonds. The Bertz CT molecular complexity index is 901. The third-order valence-corrected chi connectivity index (χ3v) is 4.88. The summed E-state index contributed by atoms with van der Waals surface area (Å²) in [6.07, 6.45) is 3.61. The Morgan fingerprint density at radius 2 is 1.64 bits per heavy atom. The van der Waals surface area contributed by atoms with Crippen molar-refractivity contribution in [2.45, 2.75) is 38.8 Å². The van der Waals surface area contributed by atoms with Crippen molar-refractivity contribution in [2.24, 2.45) is 0 Å². The molecule has 1 heterocycles. The van der Waals surface area contributed by atoms with E-state index in [1.165, 1.54) is 0 Å². The van der Waals surface area contributed by atoms with Gasteiger partial charge in [-0.25, -0.2) is 4.98 Å².